The van der Waals surface area contributed by atoms with Crippen LogP contribution in [0.4, 0.5) is 17.6 Å². The second-order valence-electron chi connectivity index (χ2n) is 2.55. The van der Waals surface area contributed by atoms with Crippen molar-refractivity contribution in [2.24, 2.45) is 0 Å². The molecule has 16 heavy (non-hydrogen) atoms. The van der Waals surface area contributed by atoms with E-state index >= 15 is 0 Å². The van der Waals surface area contributed by atoms with E-state index in [0.29, 0.717) is 0 Å². The van der Waals surface area contributed by atoms with E-state index in [2.05, 4.69) is 9.47 Å². The highest BCUT2D eigenvalue weighted by atomic mass is 19.3. The van der Waals surface area contributed by atoms with Gasteiger partial charge >= 0.3 is 13.2 Å². The number of alkyl halides is 4. The molecular weight excluding hydrogens is 232 g/mol. The highest BCUT2D eigenvalue weighted by molar-refractivity contribution is 5.81. The normalized spacial score (nSPS) is 10.6. The minimum absolute atomic E-state index is 0.204. The summed E-state index contributed by atoms with van der Waals surface area (Å²) in [5.41, 5.74) is -0.293. The summed E-state index contributed by atoms with van der Waals surface area (Å²) < 4.78 is 55.7. The Hall–Kier alpha value is -1.79. The maximum Gasteiger partial charge on any atom is 0.387 e. The van der Waals surface area contributed by atoms with E-state index in [1.807, 2.05) is 0 Å². The van der Waals surface area contributed by atoms with E-state index in [0.717, 1.165) is 12.1 Å². The molecule has 0 N–H and O–H groups in total. The second kappa shape index (κ2) is 5.34. The van der Waals surface area contributed by atoms with Gasteiger partial charge in [-0.25, -0.2) is 0 Å². The van der Waals surface area contributed by atoms with Crippen LogP contribution in [0.1, 0.15) is 10.4 Å². The zero-order valence-electron chi connectivity index (χ0n) is 7.70. The maximum absolute atomic E-state index is 12.0. The van der Waals surface area contributed by atoms with Crippen molar-refractivity contribution in [3.8, 4) is 11.5 Å². The number of hydrogen-bond acceptors (Lipinski definition) is 3. The molecule has 0 aliphatic heterocycles. The lowest BCUT2D eigenvalue weighted by atomic mass is 10.2. The Bertz CT molecular complexity index is 368. The molecule has 7 heteroatoms. The zero-order chi connectivity index (χ0) is 12.1. The largest absolute Gasteiger partial charge is 0.431 e. The molecule has 0 saturated carbocycles. The highest BCUT2D eigenvalue weighted by Crippen LogP contribution is 2.32. The number of halogens is 4. The zero-order valence-corrected chi connectivity index (χ0v) is 7.70. The van der Waals surface area contributed by atoms with Crippen molar-refractivity contribution < 1.29 is 31.8 Å². The van der Waals surface area contributed by atoms with Crippen LogP contribution in [0.2, 0.25) is 0 Å². The first-order chi connectivity index (χ1) is 7.54. The van der Waals surface area contributed by atoms with Gasteiger partial charge in [0.25, 0.3) is 0 Å². The predicted octanol–water partition coefficient (Wildman–Crippen LogP) is 2.70. The standard InChI is InChI=1S/C9H6F4O3/c10-8(11)15-6-3-1-2-5(4-14)7(6)16-9(12)13/h1-4,8-9H. The van der Waals surface area contributed by atoms with Crippen LogP contribution in [0.5, 0.6) is 11.5 Å². The Balaban J connectivity index is 3.09. The van der Waals surface area contributed by atoms with Crippen LogP contribution in [0.25, 0.3) is 0 Å². The number of benzene rings is 1. The summed E-state index contributed by atoms with van der Waals surface area (Å²) in [7, 11) is 0. The van der Waals surface area contributed by atoms with Crippen LogP contribution >= 0.6 is 0 Å². The van der Waals surface area contributed by atoms with Gasteiger partial charge in [-0.2, -0.15) is 17.6 Å². The number of carbonyl (C=O) groups excluding carboxylic acids is 1. The molecular formula is C9H6F4O3. The fourth-order valence-electron chi connectivity index (χ4n) is 1.03. The monoisotopic (exact) mass is 238 g/mol. The molecule has 0 radical (unpaired) electrons. The van der Waals surface area contributed by atoms with Crippen molar-refractivity contribution in [1.82, 2.24) is 0 Å². The van der Waals surface area contributed by atoms with Crippen LogP contribution in [0.15, 0.2) is 18.2 Å². The van der Waals surface area contributed by atoms with Crippen molar-refractivity contribution in [3.63, 3.8) is 0 Å². The number of hydrogen-bond donors (Lipinski definition) is 0. The average molecular weight is 238 g/mol. The summed E-state index contributed by atoms with van der Waals surface area (Å²) in [5.74, 6) is -1.31. The quantitative estimate of drug-likeness (QED) is 0.584. The molecule has 0 heterocycles. The molecule has 88 valence electrons. The van der Waals surface area contributed by atoms with Crippen LogP contribution < -0.4 is 9.47 Å². The van der Waals surface area contributed by atoms with Crippen LogP contribution in [0.3, 0.4) is 0 Å². The molecule has 1 rings (SSSR count). The summed E-state index contributed by atoms with van der Waals surface area (Å²) in [6.45, 7) is -6.43. The summed E-state index contributed by atoms with van der Waals surface area (Å²) in [5, 5.41) is 0. The second-order valence-corrected chi connectivity index (χ2v) is 2.55. The fraction of sp³-hybridized carbons (Fsp3) is 0.222. The third kappa shape index (κ3) is 3.11. The van der Waals surface area contributed by atoms with Gasteiger partial charge in [0.05, 0.1) is 5.56 Å². The number of aldehydes is 1. The minimum Gasteiger partial charge on any atom is -0.431 e. The van der Waals surface area contributed by atoms with E-state index in [-0.39, 0.29) is 11.8 Å². The van der Waals surface area contributed by atoms with Crippen molar-refractivity contribution in [1.29, 1.82) is 0 Å². The summed E-state index contributed by atoms with van der Waals surface area (Å²) in [4.78, 5) is 10.5. The molecule has 0 aliphatic carbocycles. The first-order valence-corrected chi connectivity index (χ1v) is 4.02. The van der Waals surface area contributed by atoms with Gasteiger partial charge in [0.2, 0.25) is 0 Å². The predicted molar refractivity (Wildman–Crippen MR) is 45.1 cm³/mol. The molecule has 0 atom stereocenters. The van der Waals surface area contributed by atoms with Crippen LogP contribution in [0, 0.1) is 0 Å². The number of ether oxygens (including phenoxy) is 2. The molecule has 0 aromatic heterocycles. The van der Waals surface area contributed by atoms with Gasteiger partial charge in [0.1, 0.15) is 0 Å². The maximum atomic E-state index is 12.0. The Kier molecular flexibility index (Phi) is 4.10. The molecule has 3 nitrogen and oxygen atoms in total. The molecule has 1 aromatic carbocycles. The number of carbonyl (C=O) groups is 1. The highest BCUT2D eigenvalue weighted by Gasteiger charge is 2.17. The van der Waals surface area contributed by atoms with Crippen molar-refractivity contribution in [3.05, 3.63) is 23.8 Å². The van der Waals surface area contributed by atoms with E-state index < -0.39 is 24.7 Å². The Morgan fingerprint density at radius 2 is 1.69 bits per heavy atom. The van der Waals surface area contributed by atoms with E-state index in [9.17, 15) is 22.4 Å². The number of rotatable bonds is 5. The van der Waals surface area contributed by atoms with Crippen molar-refractivity contribution in [2.75, 3.05) is 0 Å². The van der Waals surface area contributed by atoms with Crippen molar-refractivity contribution in [2.45, 2.75) is 13.2 Å². The Labute approximate surface area is 87.6 Å². The first kappa shape index (κ1) is 12.3. The topological polar surface area (TPSA) is 35.5 Å². The smallest absolute Gasteiger partial charge is 0.387 e. The van der Waals surface area contributed by atoms with Crippen LogP contribution in [-0.4, -0.2) is 19.5 Å². The van der Waals surface area contributed by atoms with Gasteiger partial charge in [-0.15, -0.1) is 0 Å². The van der Waals surface area contributed by atoms with Gasteiger partial charge < -0.3 is 9.47 Å². The van der Waals surface area contributed by atoms with Gasteiger partial charge in [0.15, 0.2) is 17.8 Å². The van der Waals surface area contributed by atoms with E-state index in [1.165, 1.54) is 6.07 Å². The lowest BCUT2D eigenvalue weighted by molar-refractivity contribution is -0.0694. The van der Waals surface area contributed by atoms with E-state index in [1.54, 1.807) is 0 Å². The first-order valence-electron chi connectivity index (χ1n) is 4.02. The molecule has 0 bridgehead atoms. The summed E-state index contributed by atoms with van der Waals surface area (Å²) >= 11 is 0. The van der Waals surface area contributed by atoms with Gasteiger partial charge in [-0.3, -0.25) is 4.79 Å². The number of para-hydroxylation sites is 1. The lowest BCUT2D eigenvalue weighted by Crippen LogP contribution is -2.09. The Morgan fingerprint density at radius 1 is 1.06 bits per heavy atom. The molecule has 0 fully saturated rings. The third-order valence-electron chi connectivity index (χ3n) is 1.56. The van der Waals surface area contributed by atoms with Crippen molar-refractivity contribution >= 4 is 6.29 Å². The van der Waals surface area contributed by atoms with Crippen LogP contribution in [-0.2, 0) is 0 Å². The average Bonchev–Trinajstić information content (AvgIpc) is 2.19. The SMILES string of the molecule is O=Cc1cccc(OC(F)F)c1OC(F)F. The minimum atomic E-state index is -3.24. The van der Waals surface area contributed by atoms with E-state index in [4.69, 9.17) is 0 Å². The Morgan fingerprint density at radius 3 is 2.19 bits per heavy atom. The molecule has 0 spiro atoms. The molecule has 0 saturated heterocycles. The lowest BCUT2D eigenvalue weighted by Gasteiger charge is -2.12. The van der Waals surface area contributed by atoms with Gasteiger partial charge in [0, 0.05) is 0 Å². The molecule has 0 aliphatic rings. The fourth-order valence-corrected chi connectivity index (χ4v) is 1.03. The summed E-state index contributed by atoms with van der Waals surface area (Å²) in [6, 6.07) is 3.35. The van der Waals surface area contributed by atoms with Gasteiger partial charge in [-0.1, -0.05) is 6.07 Å². The van der Waals surface area contributed by atoms with Gasteiger partial charge in [-0.05, 0) is 12.1 Å². The molecule has 1 aromatic rings. The molecule has 0 unspecified atom stereocenters. The third-order valence-corrected chi connectivity index (χ3v) is 1.56. The summed E-state index contributed by atoms with van der Waals surface area (Å²) in [6.07, 6.45) is 0.204. The molecule has 0 amide bonds.